The van der Waals surface area contributed by atoms with Crippen LogP contribution in [0.4, 0.5) is 0 Å². The Balaban J connectivity index is 1.25. The maximum atomic E-state index is 13.3. The number of hydrogen-bond donors (Lipinski definition) is 0. The lowest BCUT2D eigenvalue weighted by Gasteiger charge is -2.42. The van der Waals surface area contributed by atoms with Crippen LogP contribution in [0.5, 0.6) is 17.2 Å². The minimum Gasteiger partial charge on any atom is -0.493 e. The van der Waals surface area contributed by atoms with Gasteiger partial charge in [-0.05, 0) is 98.5 Å². The summed E-state index contributed by atoms with van der Waals surface area (Å²) in [6.07, 6.45) is 4.42. The summed E-state index contributed by atoms with van der Waals surface area (Å²) in [6, 6.07) is 19.8. The minimum absolute atomic E-state index is 0.140. The number of carbonyl (C=O) groups is 2. The molecule has 1 heterocycles. The zero-order valence-corrected chi connectivity index (χ0v) is 27.4. The van der Waals surface area contributed by atoms with Gasteiger partial charge < -0.3 is 19.1 Å². The molecule has 43 heavy (non-hydrogen) atoms. The minimum atomic E-state index is -0.365. The normalized spacial score (nSPS) is 17.2. The molecule has 0 amide bonds. The van der Waals surface area contributed by atoms with Crippen LogP contribution in [-0.2, 0) is 22.8 Å². The summed E-state index contributed by atoms with van der Waals surface area (Å²) >= 11 is 7.45. The lowest BCUT2D eigenvalue weighted by Crippen LogP contribution is -2.37. The fourth-order valence-corrected chi connectivity index (χ4v) is 7.83. The monoisotopic (exact) mass is 705 g/mol. The summed E-state index contributed by atoms with van der Waals surface area (Å²) in [7, 11) is 3.64. The van der Waals surface area contributed by atoms with Crippen molar-refractivity contribution < 1.29 is 23.8 Å². The number of hydrogen-bond acceptors (Lipinski definition) is 6. The molecule has 222 valence electrons. The number of nitrogens with zero attached hydrogens (tertiary/aromatic N) is 1. The highest BCUT2D eigenvalue weighted by Crippen LogP contribution is 2.50. The Labute approximate surface area is 269 Å². The molecule has 6 nitrogen and oxygen atoms in total. The number of ether oxygens (including phenoxy) is 3. The van der Waals surface area contributed by atoms with Gasteiger partial charge >= 0.3 is 0 Å². The van der Waals surface area contributed by atoms with Crippen molar-refractivity contribution in [1.82, 2.24) is 4.90 Å². The first-order chi connectivity index (χ1) is 20.9. The van der Waals surface area contributed by atoms with Gasteiger partial charge in [0.1, 0.15) is 19.0 Å². The SMILES string of the molecule is COc1cc(COc2c(Br)cc(C3C4=C(CCCC4=O)N(C)C4=C3C(=O)CCC4)cc2Br)ccc1OCc1ccccc1. The molecule has 0 aromatic heterocycles. The second-order valence-electron chi connectivity index (χ2n) is 11.1. The Morgan fingerprint density at radius 2 is 1.35 bits per heavy atom. The lowest BCUT2D eigenvalue weighted by molar-refractivity contribution is -0.117. The summed E-state index contributed by atoms with van der Waals surface area (Å²) < 4.78 is 19.4. The summed E-state index contributed by atoms with van der Waals surface area (Å²) in [5, 5.41) is 0. The third kappa shape index (κ3) is 5.92. The van der Waals surface area contributed by atoms with E-state index in [1.54, 1.807) is 7.11 Å². The number of carbonyl (C=O) groups excluding carboxylic acids is 2. The van der Waals surface area contributed by atoms with E-state index >= 15 is 0 Å². The van der Waals surface area contributed by atoms with Crippen LogP contribution in [0.15, 0.2) is 92.1 Å². The van der Waals surface area contributed by atoms with Gasteiger partial charge in [-0.1, -0.05) is 36.4 Å². The predicted molar refractivity (Wildman–Crippen MR) is 172 cm³/mol. The van der Waals surface area contributed by atoms with Crippen molar-refractivity contribution in [3.63, 3.8) is 0 Å². The van der Waals surface area contributed by atoms with Gasteiger partial charge in [0.15, 0.2) is 23.1 Å². The first-order valence-electron chi connectivity index (χ1n) is 14.6. The van der Waals surface area contributed by atoms with E-state index in [1.165, 1.54) is 0 Å². The van der Waals surface area contributed by atoms with Gasteiger partial charge in [-0.25, -0.2) is 0 Å². The zero-order valence-electron chi connectivity index (χ0n) is 24.3. The van der Waals surface area contributed by atoms with E-state index in [-0.39, 0.29) is 17.5 Å². The molecule has 0 fully saturated rings. The van der Waals surface area contributed by atoms with Crippen LogP contribution < -0.4 is 14.2 Å². The molecular weight excluding hydrogens is 674 g/mol. The number of halogens is 2. The van der Waals surface area contributed by atoms with Crippen molar-refractivity contribution in [2.24, 2.45) is 0 Å². The van der Waals surface area contributed by atoms with E-state index in [4.69, 9.17) is 14.2 Å². The first kappa shape index (κ1) is 29.7. The van der Waals surface area contributed by atoms with Gasteiger partial charge in [0, 0.05) is 48.3 Å². The van der Waals surface area contributed by atoms with E-state index in [2.05, 4.69) is 36.8 Å². The van der Waals surface area contributed by atoms with Crippen molar-refractivity contribution in [3.8, 4) is 17.2 Å². The molecule has 6 rings (SSSR count). The van der Waals surface area contributed by atoms with Gasteiger partial charge in [0.05, 0.1) is 16.1 Å². The third-order valence-electron chi connectivity index (χ3n) is 8.45. The highest BCUT2D eigenvalue weighted by molar-refractivity contribution is 9.11. The second-order valence-corrected chi connectivity index (χ2v) is 12.8. The zero-order chi connectivity index (χ0) is 30.1. The van der Waals surface area contributed by atoms with Crippen molar-refractivity contribution >= 4 is 43.4 Å². The van der Waals surface area contributed by atoms with Crippen LogP contribution in [0, 0.1) is 0 Å². The molecule has 0 radical (unpaired) electrons. The molecule has 0 saturated heterocycles. The molecule has 0 N–H and O–H groups in total. The molecule has 1 aliphatic heterocycles. The van der Waals surface area contributed by atoms with Crippen molar-refractivity contribution in [3.05, 3.63) is 109 Å². The molecule has 0 unspecified atom stereocenters. The highest BCUT2D eigenvalue weighted by atomic mass is 79.9. The molecule has 8 heteroatoms. The van der Waals surface area contributed by atoms with Crippen LogP contribution in [0.1, 0.15) is 61.1 Å². The molecule has 0 saturated carbocycles. The van der Waals surface area contributed by atoms with E-state index < -0.39 is 0 Å². The fourth-order valence-electron chi connectivity index (χ4n) is 6.38. The Morgan fingerprint density at radius 3 is 1.95 bits per heavy atom. The van der Waals surface area contributed by atoms with Crippen molar-refractivity contribution in [2.45, 2.75) is 57.7 Å². The van der Waals surface area contributed by atoms with Crippen LogP contribution in [0.25, 0.3) is 0 Å². The summed E-state index contributed by atoms with van der Waals surface area (Å²) in [5.41, 5.74) is 6.59. The standard InChI is InChI=1S/C35H33Br2NO5/c1-38-26-10-6-12-28(39)33(26)32(34-27(38)11-7-13-29(34)40)23-17-24(36)35(25(37)18-23)43-20-22-14-15-30(31(16-22)41-2)42-19-21-8-4-3-5-9-21/h3-5,8-9,14-18,32H,6-7,10-13,19-20H2,1-2H3. The number of benzene rings is 3. The molecule has 3 aromatic carbocycles. The molecular formula is C35H33Br2NO5. The maximum absolute atomic E-state index is 13.3. The highest BCUT2D eigenvalue weighted by Gasteiger charge is 2.42. The number of ketones is 2. The van der Waals surface area contributed by atoms with Crippen molar-refractivity contribution in [1.29, 1.82) is 0 Å². The lowest BCUT2D eigenvalue weighted by atomic mass is 9.71. The summed E-state index contributed by atoms with van der Waals surface area (Å²) in [5.74, 6) is 1.86. The first-order valence-corrected chi connectivity index (χ1v) is 16.2. The van der Waals surface area contributed by atoms with Gasteiger partial charge in [0.2, 0.25) is 0 Å². The third-order valence-corrected chi connectivity index (χ3v) is 9.62. The van der Waals surface area contributed by atoms with Crippen molar-refractivity contribution in [2.75, 3.05) is 14.2 Å². The van der Waals surface area contributed by atoms with Gasteiger partial charge in [-0.2, -0.15) is 0 Å². The number of methoxy groups -OCH3 is 1. The number of rotatable bonds is 8. The van der Waals surface area contributed by atoms with Crippen LogP contribution in [0.3, 0.4) is 0 Å². The molecule has 0 spiro atoms. The Hall–Kier alpha value is -3.36. The number of allylic oxidation sites excluding steroid dienone is 4. The summed E-state index contributed by atoms with van der Waals surface area (Å²) in [4.78, 5) is 28.8. The summed E-state index contributed by atoms with van der Waals surface area (Å²) in [6.45, 7) is 0.756. The average Bonchev–Trinajstić information content (AvgIpc) is 3.01. The fraction of sp³-hybridized carbons (Fsp3) is 0.314. The average molecular weight is 707 g/mol. The molecule has 0 atom stereocenters. The van der Waals surface area contributed by atoms with Crippen LogP contribution >= 0.6 is 31.9 Å². The second kappa shape index (κ2) is 12.7. The Morgan fingerprint density at radius 1 is 0.744 bits per heavy atom. The predicted octanol–water partition coefficient (Wildman–Crippen LogP) is 8.42. The largest absolute Gasteiger partial charge is 0.493 e. The topological polar surface area (TPSA) is 65.1 Å². The molecule has 3 aromatic rings. The maximum Gasteiger partial charge on any atom is 0.161 e. The van der Waals surface area contributed by atoms with E-state index in [1.807, 2.05) is 67.7 Å². The van der Waals surface area contributed by atoms with Crippen LogP contribution in [-0.4, -0.2) is 30.6 Å². The van der Waals surface area contributed by atoms with E-state index in [9.17, 15) is 9.59 Å². The molecule has 0 bridgehead atoms. The van der Waals surface area contributed by atoms with Gasteiger partial charge in [0.25, 0.3) is 0 Å². The van der Waals surface area contributed by atoms with Gasteiger partial charge in [-0.15, -0.1) is 0 Å². The van der Waals surface area contributed by atoms with E-state index in [0.29, 0.717) is 43.3 Å². The van der Waals surface area contributed by atoms with Gasteiger partial charge in [-0.3, -0.25) is 9.59 Å². The quantitative estimate of drug-likeness (QED) is 0.234. The van der Waals surface area contributed by atoms with E-state index in [0.717, 1.165) is 73.9 Å². The molecule has 3 aliphatic rings. The molecule has 2 aliphatic carbocycles. The Kier molecular flexibility index (Phi) is 8.78. The van der Waals surface area contributed by atoms with Crippen LogP contribution in [0.2, 0.25) is 0 Å². The Bertz CT molecular complexity index is 1580. The smallest absolute Gasteiger partial charge is 0.161 e. The number of Topliss-reactive ketones (excluding diaryl/α,β-unsaturated/α-hetero) is 2.